The van der Waals surface area contributed by atoms with E-state index in [1.165, 1.54) is 29.2 Å². The van der Waals surface area contributed by atoms with E-state index < -0.39 is 30.8 Å². The number of β-lactam (4-membered cyclic amide) rings is 1. The Labute approximate surface area is 288 Å². The number of amides is 1. The molecule has 1 fully saturated rings. The molecule has 0 saturated carbocycles. The van der Waals surface area contributed by atoms with Crippen molar-refractivity contribution in [1.29, 1.82) is 0 Å². The number of esters is 1. The highest BCUT2D eigenvalue weighted by Gasteiger charge is 2.57. The van der Waals surface area contributed by atoms with Gasteiger partial charge in [-0.3, -0.25) is 14.9 Å². The molecule has 3 aromatic carbocycles. The quantitative estimate of drug-likeness (QED) is 0.0275. The largest absolute Gasteiger partial charge is 0.456 e. The number of nitro groups is 1. The SMILES string of the molecule is CC(O[Si](C)(C)C)[C@H]1C(=O)N2C(C(=O)OCc3ccc([N+](=O)[O-])cc3)=C(c3ccc4c(=O)oc5cc(Cn6cc[n+](C)c6)ccc5c4c3)C[C@@H]12. The van der Waals surface area contributed by atoms with Crippen molar-refractivity contribution < 1.29 is 32.7 Å². The summed E-state index contributed by atoms with van der Waals surface area (Å²) in [5.41, 5.74) is 2.94. The van der Waals surface area contributed by atoms with E-state index in [9.17, 15) is 24.5 Å². The lowest BCUT2D eigenvalue weighted by molar-refractivity contribution is -0.671. The smallest absolute Gasteiger partial charge is 0.355 e. The fourth-order valence-electron chi connectivity index (χ4n) is 7.13. The molecule has 2 aromatic heterocycles. The number of carbonyl (C=O) groups excluding carboxylic acids is 2. The monoisotopic (exact) mass is 693 g/mol. The number of aryl methyl sites for hydroxylation is 1. The van der Waals surface area contributed by atoms with E-state index in [0.717, 1.165) is 10.9 Å². The number of hydrogen-bond acceptors (Lipinski definition) is 8. The maximum atomic E-state index is 13.9. The number of aromatic nitrogens is 2. The average molecular weight is 694 g/mol. The van der Waals surface area contributed by atoms with Gasteiger partial charge in [0.15, 0.2) is 8.32 Å². The molecule has 2 aliphatic heterocycles. The van der Waals surface area contributed by atoms with Crippen LogP contribution in [0.15, 0.2) is 94.3 Å². The maximum Gasteiger partial charge on any atom is 0.355 e. The summed E-state index contributed by atoms with van der Waals surface area (Å²) >= 11 is 0. The lowest BCUT2D eigenvalue weighted by Crippen LogP contribution is -2.63. The molecule has 0 bridgehead atoms. The third-order valence-corrected chi connectivity index (χ3v) is 10.4. The number of fused-ring (bicyclic) bond motifs is 4. The van der Waals surface area contributed by atoms with Crippen LogP contribution in [0.2, 0.25) is 19.6 Å². The van der Waals surface area contributed by atoms with Crippen LogP contribution in [0.1, 0.15) is 30.0 Å². The standard InChI is InChI=1S/C37H37N4O8Si/c1-22(49-50(3,4)5)33-31-18-29(34(40(31)35(33)42)37(44)47-20-23-6-10-26(11-7-23)41(45)46)25-9-13-28-30(17-25)27-12-8-24(16-32(27)48-36(28)43)19-39-15-14-38(2)21-39/h6-17,21-22,31,33H,18-20H2,1-5H3/q+1/t22?,31-,33+/m0/s1. The Hall–Kier alpha value is -5.40. The minimum atomic E-state index is -1.97. The van der Waals surface area contributed by atoms with Crippen LogP contribution in [0.4, 0.5) is 5.69 Å². The van der Waals surface area contributed by atoms with Gasteiger partial charge < -0.3 is 18.5 Å². The number of nitro benzene ring substituents is 1. The molecule has 5 aromatic rings. The van der Waals surface area contributed by atoms with Crippen LogP contribution in [0.5, 0.6) is 0 Å². The molecule has 50 heavy (non-hydrogen) atoms. The molecule has 0 aliphatic carbocycles. The zero-order valence-electron chi connectivity index (χ0n) is 28.4. The molecule has 7 rings (SSSR count). The van der Waals surface area contributed by atoms with Gasteiger partial charge in [0.2, 0.25) is 12.2 Å². The molecule has 256 valence electrons. The van der Waals surface area contributed by atoms with E-state index in [2.05, 4.69) is 19.6 Å². The van der Waals surface area contributed by atoms with Crippen LogP contribution in [0.25, 0.3) is 27.3 Å². The molecule has 1 amide bonds. The second-order valence-corrected chi connectivity index (χ2v) is 18.5. The number of ether oxygens (including phenoxy) is 1. The highest BCUT2D eigenvalue weighted by molar-refractivity contribution is 6.69. The normalized spacial score (nSPS) is 18.0. The van der Waals surface area contributed by atoms with Crippen molar-refractivity contribution in [3.8, 4) is 0 Å². The van der Waals surface area contributed by atoms with E-state index in [1.807, 2.05) is 66.1 Å². The van der Waals surface area contributed by atoms with Crippen LogP contribution in [-0.2, 0) is 39.0 Å². The topological polar surface area (TPSA) is 138 Å². The van der Waals surface area contributed by atoms with Gasteiger partial charge in [0, 0.05) is 22.9 Å². The summed E-state index contributed by atoms with van der Waals surface area (Å²) in [6.45, 7) is 8.60. The van der Waals surface area contributed by atoms with Crippen molar-refractivity contribution in [2.45, 2.75) is 58.3 Å². The van der Waals surface area contributed by atoms with E-state index in [-0.39, 0.29) is 36.0 Å². The number of non-ortho nitro benzene ring substituents is 1. The summed E-state index contributed by atoms with van der Waals surface area (Å²) in [6, 6.07) is 16.6. The van der Waals surface area contributed by atoms with Gasteiger partial charge in [-0.05, 0) is 85.6 Å². The Bertz CT molecular complexity index is 2290. The molecule has 2 aliphatic rings. The Balaban J connectivity index is 1.26. The molecule has 4 heterocycles. The van der Waals surface area contributed by atoms with E-state index in [1.54, 1.807) is 12.1 Å². The van der Waals surface area contributed by atoms with Gasteiger partial charge in [0.1, 0.15) is 36.8 Å². The zero-order chi connectivity index (χ0) is 35.5. The summed E-state index contributed by atoms with van der Waals surface area (Å²) < 4.78 is 21.8. The number of imidazole rings is 1. The van der Waals surface area contributed by atoms with Crippen LogP contribution in [0, 0.1) is 16.0 Å². The molecule has 12 nitrogen and oxygen atoms in total. The highest BCUT2D eigenvalue weighted by Crippen LogP contribution is 2.48. The molecule has 0 spiro atoms. The van der Waals surface area contributed by atoms with Crippen molar-refractivity contribution in [1.82, 2.24) is 9.47 Å². The predicted molar refractivity (Wildman–Crippen MR) is 187 cm³/mol. The first-order valence-corrected chi connectivity index (χ1v) is 19.8. The van der Waals surface area contributed by atoms with Crippen molar-refractivity contribution >= 4 is 53.2 Å². The summed E-state index contributed by atoms with van der Waals surface area (Å²) in [4.78, 5) is 52.9. The summed E-state index contributed by atoms with van der Waals surface area (Å²) in [5, 5.41) is 12.9. The Morgan fingerprint density at radius 2 is 1.76 bits per heavy atom. The molecule has 3 atom stereocenters. The van der Waals surface area contributed by atoms with Crippen molar-refractivity contribution in [3.05, 3.63) is 122 Å². The first-order valence-electron chi connectivity index (χ1n) is 16.4. The molecule has 0 radical (unpaired) electrons. The summed E-state index contributed by atoms with van der Waals surface area (Å²) in [5.74, 6) is -1.30. The van der Waals surface area contributed by atoms with Crippen LogP contribution >= 0.6 is 0 Å². The third kappa shape index (κ3) is 6.14. The molecule has 1 unspecified atom stereocenters. The van der Waals surface area contributed by atoms with E-state index in [0.29, 0.717) is 46.0 Å². The lowest BCUT2D eigenvalue weighted by Gasteiger charge is -2.47. The first kappa shape index (κ1) is 33.1. The molecule has 0 N–H and O–H groups in total. The van der Waals surface area contributed by atoms with Gasteiger partial charge in [-0.15, -0.1) is 0 Å². The molecule has 13 heteroatoms. The zero-order valence-corrected chi connectivity index (χ0v) is 29.4. The van der Waals surface area contributed by atoms with E-state index in [4.69, 9.17) is 13.6 Å². The minimum absolute atomic E-state index is 0.0697. The number of benzene rings is 3. The predicted octanol–water partition coefficient (Wildman–Crippen LogP) is 5.45. The Morgan fingerprint density at radius 1 is 1.04 bits per heavy atom. The minimum Gasteiger partial charge on any atom is -0.456 e. The maximum absolute atomic E-state index is 13.9. The second kappa shape index (κ2) is 12.5. The molecular weight excluding hydrogens is 657 g/mol. The second-order valence-electron chi connectivity index (χ2n) is 14.0. The third-order valence-electron chi connectivity index (χ3n) is 9.28. The van der Waals surface area contributed by atoms with Gasteiger partial charge in [-0.1, -0.05) is 18.2 Å². The van der Waals surface area contributed by atoms with Gasteiger partial charge in [0.05, 0.1) is 35.4 Å². The van der Waals surface area contributed by atoms with Crippen molar-refractivity contribution in [2.24, 2.45) is 13.0 Å². The number of hydrogen-bond donors (Lipinski definition) is 0. The number of carbonyl (C=O) groups is 2. The Kier molecular flexibility index (Phi) is 8.27. The fraction of sp³-hybridized carbons (Fsp3) is 0.297. The average Bonchev–Trinajstić information content (AvgIpc) is 3.63. The summed E-state index contributed by atoms with van der Waals surface area (Å²) in [7, 11) is -0.0182. The van der Waals surface area contributed by atoms with E-state index >= 15 is 0 Å². The van der Waals surface area contributed by atoms with Gasteiger partial charge in [0.25, 0.3) is 5.69 Å². The number of rotatable bonds is 10. The van der Waals surface area contributed by atoms with Gasteiger partial charge >= 0.3 is 11.6 Å². The van der Waals surface area contributed by atoms with Crippen molar-refractivity contribution in [3.63, 3.8) is 0 Å². The molecular formula is C37H37N4O8Si+. The van der Waals surface area contributed by atoms with Crippen LogP contribution in [0.3, 0.4) is 0 Å². The van der Waals surface area contributed by atoms with Gasteiger partial charge in [-0.25, -0.2) is 18.7 Å². The Morgan fingerprint density at radius 3 is 2.44 bits per heavy atom. The summed E-state index contributed by atoms with van der Waals surface area (Å²) in [6.07, 6.45) is 5.95. The van der Waals surface area contributed by atoms with Crippen molar-refractivity contribution in [2.75, 3.05) is 0 Å². The first-order chi connectivity index (χ1) is 23.8. The van der Waals surface area contributed by atoms with Crippen LogP contribution in [-0.4, -0.2) is 46.7 Å². The van der Waals surface area contributed by atoms with Crippen LogP contribution < -0.4 is 10.2 Å². The highest BCUT2D eigenvalue weighted by atomic mass is 28.4. The lowest BCUT2D eigenvalue weighted by atomic mass is 9.82. The molecule has 1 saturated heterocycles. The fourth-order valence-corrected chi connectivity index (χ4v) is 8.39. The van der Waals surface area contributed by atoms with Gasteiger partial charge in [-0.2, -0.15) is 0 Å². The number of nitrogens with zero attached hydrogens (tertiary/aromatic N) is 4.